The van der Waals surface area contributed by atoms with Gasteiger partial charge < -0.3 is 14.8 Å². The second kappa shape index (κ2) is 8.35. The van der Waals surface area contributed by atoms with E-state index in [9.17, 15) is 18.0 Å². The number of thioether (sulfide) groups is 1. The van der Waals surface area contributed by atoms with Crippen LogP contribution >= 0.6 is 11.8 Å². The number of hydrogen-bond acceptors (Lipinski definition) is 4. The molecule has 1 amide bonds. The van der Waals surface area contributed by atoms with Crippen LogP contribution in [0.1, 0.15) is 28.9 Å². The van der Waals surface area contributed by atoms with Crippen molar-refractivity contribution in [3.63, 3.8) is 0 Å². The van der Waals surface area contributed by atoms with E-state index in [1.54, 1.807) is 25.1 Å². The van der Waals surface area contributed by atoms with Gasteiger partial charge in [0.15, 0.2) is 0 Å². The Bertz CT molecular complexity index is 763. The molecule has 0 aromatic heterocycles. The quantitative estimate of drug-likeness (QED) is 0.725. The maximum absolute atomic E-state index is 12.4. The van der Waals surface area contributed by atoms with Crippen molar-refractivity contribution in [2.75, 3.05) is 14.2 Å². The van der Waals surface area contributed by atoms with Gasteiger partial charge in [0.05, 0.1) is 20.3 Å². The van der Waals surface area contributed by atoms with Gasteiger partial charge in [0.25, 0.3) is 5.91 Å². The maximum atomic E-state index is 12.4. The molecular weight excluding hydrogens is 367 g/mol. The van der Waals surface area contributed by atoms with E-state index in [1.165, 1.54) is 38.5 Å². The van der Waals surface area contributed by atoms with E-state index < -0.39 is 17.5 Å². The summed E-state index contributed by atoms with van der Waals surface area (Å²) >= 11 is -0.221. The van der Waals surface area contributed by atoms with Gasteiger partial charge in [0.1, 0.15) is 11.5 Å². The van der Waals surface area contributed by atoms with Gasteiger partial charge in [-0.05, 0) is 61.2 Å². The average molecular weight is 385 g/mol. The maximum Gasteiger partial charge on any atom is 0.446 e. The molecule has 26 heavy (non-hydrogen) atoms. The molecule has 4 nitrogen and oxygen atoms in total. The first-order valence-electron chi connectivity index (χ1n) is 7.62. The first-order chi connectivity index (χ1) is 12.2. The van der Waals surface area contributed by atoms with E-state index in [0.717, 1.165) is 5.56 Å². The minimum atomic E-state index is -4.36. The second-order valence-electron chi connectivity index (χ2n) is 5.38. The van der Waals surface area contributed by atoms with Crippen LogP contribution in [0.3, 0.4) is 0 Å². The normalized spacial score (nSPS) is 12.4. The van der Waals surface area contributed by atoms with Gasteiger partial charge in [0.2, 0.25) is 0 Å². The van der Waals surface area contributed by atoms with Gasteiger partial charge in [-0.1, -0.05) is 0 Å². The second-order valence-corrected chi connectivity index (χ2v) is 6.51. The van der Waals surface area contributed by atoms with E-state index >= 15 is 0 Å². The summed E-state index contributed by atoms with van der Waals surface area (Å²) in [6.07, 6.45) is 0. The summed E-state index contributed by atoms with van der Waals surface area (Å²) in [6.45, 7) is 1.78. The highest BCUT2D eigenvalue weighted by Gasteiger charge is 2.29. The monoisotopic (exact) mass is 385 g/mol. The van der Waals surface area contributed by atoms with Crippen molar-refractivity contribution < 1.29 is 27.4 Å². The van der Waals surface area contributed by atoms with Crippen LogP contribution in [0, 0.1) is 0 Å². The Morgan fingerprint density at radius 1 is 1.08 bits per heavy atom. The van der Waals surface area contributed by atoms with Crippen LogP contribution in [0.4, 0.5) is 13.2 Å². The lowest BCUT2D eigenvalue weighted by Gasteiger charge is -2.18. The highest BCUT2D eigenvalue weighted by molar-refractivity contribution is 8.00. The summed E-state index contributed by atoms with van der Waals surface area (Å²) < 4.78 is 47.5. The largest absolute Gasteiger partial charge is 0.497 e. The number of methoxy groups -OCH3 is 2. The number of alkyl halides is 3. The molecule has 0 heterocycles. The van der Waals surface area contributed by atoms with Crippen molar-refractivity contribution in [1.29, 1.82) is 0 Å². The molecular formula is C18H18F3NO3S. The molecule has 0 aliphatic rings. The molecule has 0 bridgehead atoms. The summed E-state index contributed by atoms with van der Waals surface area (Å²) in [4.78, 5) is 12.4. The molecule has 140 valence electrons. The summed E-state index contributed by atoms with van der Waals surface area (Å²) in [5, 5.41) is 2.80. The number of carbonyl (C=O) groups is 1. The van der Waals surface area contributed by atoms with E-state index in [4.69, 9.17) is 9.47 Å². The van der Waals surface area contributed by atoms with Crippen molar-refractivity contribution >= 4 is 17.7 Å². The predicted octanol–water partition coefficient (Wildman–Crippen LogP) is 4.81. The van der Waals surface area contributed by atoms with Gasteiger partial charge >= 0.3 is 5.51 Å². The zero-order valence-corrected chi connectivity index (χ0v) is 15.2. The lowest BCUT2D eigenvalue weighted by Crippen LogP contribution is -2.27. The Morgan fingerprint density at radius 2 is 1.73 bits per heavy atom. The van der Waals surface area contributed by atoms with Crippen LogP contribution in [0.2, 0.25) is 0 Å². The predicted molar refractivity (Wildman–Crippen MR) is 93.8 cm³/mol. The minimum Gasteiger partial charge on any atom is -0.497 e. The average Bonchev–Trinajstić information content (AvgIpc) is 2.60. The van der Waals surface area contributed by atoms with Crippen LogP contribution < -0.4 is 14.8 Å². The molecule has 2 rings (SSSR count). The Morgan fingerprint density at radius 3 is 2.27 bits per heavy atom. The summed E-state index contributed by atoms with van der Waals surface area (Å²) in [5.74, 6) is 0.817. The number of halogens is 3. The molecule has 0 unspecified atom stereocenters. The molecule has 0 spiro atoms. The van der Waals surface area contributed by atoms with Crippen LogP contribution in [0.15, 0.2) is 47.4 Å². The highest BCUT2D eigenvalue weighted by Crippen LogP contribution is 2.36. The smallest absolute Gasteiger partial charge is 0.446 e. The molecule has 8 heteroatoms. The Labute approximate surface area is 153 Å². The zero-order valence-electron chi connectivity index (χ0n) is 14.4. The third kappa shape index (κ3) is 5.32. The van der Waals surface area contributed by atoms with Gasteiger partial charge in [-0.15, -0.1) is 0 Å². The number of benzene rings is 2. The number of hydrogen-bond donors (Lipinski definition) is 1. The van der Waals surface area contributed by atoms with Crippen molar-refractivity contribution in [3.8, 4) is 11.5 Å². The van der Waals surface area contributed by atoms with E-state index in [1.807, 2.05) is 0 Å². The molecule has 1 N–H and O–H groups in total. The molecule has 0 radical (unpaired) electrons. The summed E-state index contributed by atoms with van der Waals surface area (Å²) in [7, 11) is 3.06. The summed E-state index contributed by atoms with van der Waals surface area (Å²) in [6, 6.07) is 10.1. The van der Waals surface area contributed by atoms with E-state index in [0.29, 0.717) is 11.5 Å². The molecule has 2 aromatic rings. The van der Waals surface area contributed by atoms with Crippen LogP contribution in [-0.2, 0) is 0 Å². The Hall–Kier alpha value is -2.35. The van der Waals surface area contributed by atoms with Gasteiger partial charge in [-0.3, -0.25) is 4.79 Å². The fourth-order valence-corrected chi connectivity index (χ4v) is 2.88. The van der Waals surface area contributed by atoms with Crippen molar-refractivity contribution in [2.24, 2.45) is 0 Å². The molecule has 0 fully saturated rings. The summed E-state index contributed by atoms with van der Waals surface area (Å²) in [5.41, 5.74) is -3.36. The molecule has 0 saturated heterocycles. The lowest BCUT2D eigenvalue weighted by molar-refractivity contribution is -0.0328. The number of nitrogens with one attached hydrogen (secondary N) is 1. The van der Waals surface area contributed by atoms with Crippen LogP contribution in [-0.4, -0.2) is 25.6 Å². The number of carbonyl (C=O) groups excluding carboxylic acids is 1. The minimum absolute atomic E-state index is 0.0246. The topological polar surface area (TPSA) is 47.6 Å². The van der Waals surface area contributed by atoms with Crippen LogP contribution in [0.25, 0.3) is 0 Å². The SMILES string of the molecule is COc1ccc(OC)c([C@H](C)NC(=O)c2ccc(SC(F)(F)F)cc2)c1. The van der Waals surface area contributed by atoms with Gasteiger partial charge in [-0.2, -0.15) is 13.2 Å². The van der Waals surface area contributed by atoms with Crippen LogP contribution in [0.5, 0.6) is 11.5 Å². The highest BCUT2D eigenvalue weighted by atomic mass is 32.2. The van der Waals surface area contributed by atoms with Gasteiger partial charge in [0, 0.05) is 16.0 Å². The zero-order chi connectivity index (χ0) is 19.3. The standard InChI is InChI=1S/C18H18F3NO3S/c1-11(15-10-13(24-2)6-9-16(15)25-3)22-17(23)12-4-7-14(8-5-12)26-18(19,20)21/h4-11H,1-3H3,(H,22,23)/t11-/m0/s1. The first kappa shape index (κ1) is 20.0. The van der Waals surface area contributed by atoms with E-state index in [2.05, 4.69) is 5.32 Å². The number of rotatable bonds is 6. The van der Waals surface area contributed by atoms with Crippen molar-refractivity contribution in [1.82, 2.24) is 5.32 Å². The Balaban J connectivity index is 2.12. The van der Waals surface area contributed by atoms with Crippen molar-refractivity contribution in [2.45, 2.75) is 23.4 Å². The first-order valence-corrected chi connectivity index (χ1v) is 8.43. The fraction of sp³-hybridized carbons (Fsp3) is 0.278. The molecule has 1 atom stereocenters. The molecule has 0 aliphatic heterocycles. The van der Waals surface area contributed by atoms with Gasteiger partial charge in [-0.25, -0.2) is 0 Å². The fourth-order valence-electron chi connectivity index (χ4n) is 2.34. The number of amides is 1. The Kier molecular flexibility index (Phi) is 6.42. The molecule has 0 saturated carbocycles. The lowest BCUT2D eigenvalue weighted by atomic mass is 10.1. The van der Waals surface area contributed by atoms with E-state index in [-0.39, 0.29) is 22.2 Å². The van der Waals surface area contributed by atoms with Crippen molar-refractivity contribution in [3.05, 3.63) is 53.6 Å². The third-order valence-corrected chi connectivity index (χ3v) is 4.34. The number of ether oxygens (including phenoxy) is 2. The molecule has 2 aromatic carbocycles. The third-order valence-electron chi connectivity index (χ3n) is 3.60. The molecule has 0 aliphatic carbocycles.